The first-order valence-corrected chi connectivity index (χ1v) is 6.46. The first-order valence-electron chi connectivity index (χ1n) is 6.46. The number of ether oxygens (including phenoxy) is 1. The summed E-state index contributed by atoms with van der Waals surface area (Å²) in [7, 11) is 0. The summed E-state index contributed by atoms with van der Waals surface area (Å²) < 4.78 is 5.38. The van der Waals surface area contributed by atoms with Gasteiger partial charge in [0.2, 0.25) is 0 Å². The van der Waals surface area contributed by atoms with E-state index in [-0.39, 0.29) is 12.1 Å². The minimum atomic E-state index is -0.541. The van der Waals surface area contributed by atoms with Crippen molar-refractivity contribution in [2.45, 2.75) is 64.1 Å². The molecule has 18 heavy (non-hydrogen) atoms. The van der Waals surface area contributed by atoms with Crippen LogP contribution in [0, 0.1) is 0 Å². The average molecular weight is 253 g/mol. The van der Waals surface area contributed by atoms with Crippen molar-refractivity contribution in [3.05, 3.63) is 12.7 Å². The van der Waals surface area contributed by atoms with Crippen LogP contribution in [0.2, 0.25) is 0 Å². The molecule has 0 aliphatic carbocycles. The van der Waals surface area contributed by atoms with Crippen LogP contribution >= 0.6 is 0 Å². The van der Waals surface area contributed by atoms with Crippen molar-refractivity contribution < 1.29 is 14.3 Å². The monoisotopic (exact) mass is 253 g/mol. The maximum absolute atomic E-state index is 12.2. The van der Waals surface area contributed by atoms with Crippen LogP contribution in [0.5, 0.6) is 0 Å². The Bertz CT molecular complexity index is 319. The summed E-state index contributed by atoms with van der Waals surface area (Å²) in [6.07, 6.45) is 5.51. The third kappa shape index (κ3) is 3.86. The van der Waals surface area contributed by atoms with Gasteiger partial charge in [0.05, 0.1) is 6.04 Å². The van der Waals surface area contributed by atoms with E-state index in [1.165, 1.54) is 0 Å². The molecular weight excluding hydrogens is 230 g/mol. The van der Waals surface area contributed by atoms with Gasteiger partial charge in [-0.2, -0.15) is 0 Å². The average Bonchev–Trinajstić information content (AvgIpc) is 2.26. The molecule has 0 aromatic heterocycles. The number of rotatable bonds is 3. The third-order valence-electron chi connectivity index (χ3n) is 2.99. The molecule has 4 heteroatoms. The molecule has 102 valence electrons. The molecular formula is C14H23NO3. The Balaban J connectivity index is 2.84. The number of hydrogen-bond donors (Lipinski definition) is 0. The Kier molecular flexibility index (Phi) is 4.93. The predicted molar refractivity (Wildman–Crippen MR) is 70.4 cm³/mol. The van der Waals surface area contributed by atoms with E-state index >= 15 is 0 Å². The number of amides is 1. The lowest BCUT2D eigenvalue weighted by Gasteiger charge is -2.40. The van der Waals surface area contributed by atoms with Gasteiger partial charge in [-0.1, -0.05) is 6.08 Å². The molecule has 0 saturated carbocycles. The van der Waals surface area contributed by atoms with Gasteiger partial charge in [-0.3, -0.25) is 4.90 Å². The van der Waals surface area contributed by atoms with E-state index in [0.29, 0.717) is 6.42 Å². The van der Waals surface area contributed by atoms with Crippen molar-refractivity contribution in [2.75, 3.05) is 0 Å². The first-order chi connectivity index (χ1) is 8.39. The molecule has 0 aromatic rings. The first kappa shape index (κ1) is 14.7. The largest absolute Gasteiger partial charge is 0.444 e. The highest BCUT2D eigenvalue weighted by atomic mass is 16.6. The van der Waals surface area contributed by atoms with Crippen molar-refractivity contribution in [3.8, 4) is 0 Å². The van der Waals surface area contributed by atoms with Gasteiger partial charge in [-0.25, -0.2) is 4.79 Å². The van der Waals surface area contributed by atoms with Gasteiger partial charge < -0.3 is 9.53 Å². The molecule has 1 fully saturated rings. The molecule has 1 aliphatic heterocycles. The number of carbonyl (C=O) groups excluding carboxylic acids is 2. The van der Waals surface area contributed by atoms with Crippen molar-refractivity contribution in [2.24, 2.45) is 0 Å². The topological polar surface area (TPSA) is 46.6 Å². The number of piperidine rings is 1. The van der Waals surface area contributed by atoms with Gasteiger partial charge >= 0.3 is 6.09 Å². The molecule has 2 atom stereocenters. The lowest BCUT2D eigenvalue weighted by atomic mass is 9.94. The van der Waals surface area contributed by atoms with Crippen molar-refractivity contribution in [1.82, 2.24) is 4.90 Å². The molecule has 0 spiro atoms. The summed E-state index contributed by atoms with van der Waals surface area (Å²) in [5.41, 5.74) is -0.541. The molecule has 0 N–H and O–H groups in total. The quantitative estimate of drug-likeness (QED) is 0.574. The molecule has 1 heterocycles. The lowest BCUT2D eigenvalue weighted by Crippen LogP contribution is -2.52. The zero-order chi connectivity index (χ0) is 13.8. The van der Waals surface area contributed by atoms with Gasteiger partial charge in [-0.15, -0.1) is 6.58 Å². The van der Waals surface area contributed by atoms with E-state index in [2.05, 4.69) is 6.58 Å². The molecule has 1 unspecified atom stereocenters. The standard InChI is InChI=1S/C14H23NO3/c1-5-7-11-8-6-9-12(10-16)15(11)13(17)18-14(2,3)4/h5,10-12H,1,6-9H2,2-4H3/t11-,12?/m0/s1. The summed E-state index contributed by atoms with van der Waals surface area (Å²) >= 11 is 0. The Morgan fingerprint density at radius 1 is 1.44 bits per heavy atom. The minimum Gasteiger partial charge on any atom is -0.444 e. The lowest BCUT2D eigenvalue weighted by molar-refractivity contribution is -0.114. The van der Waals surface area contributed by atoms with Gasteiger partial charge in [-0.05, 0) is 46.5 Å². The summed E-state index contributed by atoms with van der Waals surface area (Å²) in [6.45, 7) is 9.19. The van der Waals surface area contributed by atoms with Gasteiger partial charge in [0, 0.05) is 6.04 Å². The van der Waals surface area contributed by atoms with E-state index in [1.54, 1.807) is 11.0 Å². The normalized spacial score (nSPS) is 24.5. The van der Waals surface area contributed by atoms with Gasteiger partial charge in [0.25, 0.3) is 0 Å². The molecule has 0 bridgehead atoms. The molecule has 1 amide bonds. The number of carbonyl (C=O) groups is 2. The number of likely N-dealkylation sites (tertiary alicyclic amines) is 1. The van der Waals surface area contributed by atoms with Gasteiger partial charge in [0.1, 0.15) is 11.9 Å². The van der Waals surface area contributed by atoms with E-state index in [9.17, 15) is 9.59 Å². The van der Waals surface area contributed by atoms with Crippen molar-refractivity contribution in [3.63, 3.8) is 0 Å². The zero-order valence-corrected chi connectivity index (χ0v) is 11.5. The second-order valence-electron chi connectivity index (χ2n) is 5.70. The van der Waals surface area contributed by atoms with E-state index < -0.39 is 11.7 Å². The van der Waals surface area contributed by atoms with Crippen LogP contribution in [0.1, 0.15) is 46.5 Å². The molecule has 0 aromatic carbocycles. The summed E-state index contributed by atoms with van der Waals surface area (Å²) in [6, 6.07) is -0.333. The second kappa shape index (κ2) is 6.03. The van der Waals surface area contributed by atoms with Crippen LogP contribution in [-0.2, 0) is 9.53 Å². The maximum Gasteiger partial charge on any atom is 0.411 e. The third-order valence-corrected chi connectivity index (χ3v) is 2.99. The molecule has 1 saturated heterocycles. The predicted octanol–water partition coefficient (Wildman–Crippen LogP) is 2.92. The molecule has 4 nitrogen and oxygen atoms in total. The highest BCUT2D eigenvalue weighted by Crippen LogP contribution is 2.26. The smallest absolute Gasteiger partial charge is 0.411 e. The number of nitrogens with zero attached hydrogens (tertiary/aromatic N) is 1. The van der Waals surface area contributed by atoms with Crippen molar-refractivity contribution in [1.29, 1.82) is 0 Å². The highest BCUT2D eigenvalue weighted by Gasteiger charge is 2.35. The van der Waals surface area contributed by atoms with Crippen LogP contribution in [-0.4, -0.2) is 35.0 Å². The van der Waals surface area contributed by atoms with Crippen LogP contribution in [0.25, 0.3) is 0 Å². The van der Waals surface area contributed by atoms with Crippen LogP contribution in [0.3, 0.4) is 0 Å². The number of hydrogen-bond acceptors (Lipinski definition) is 3. The fourth-order valence-electron chi connectivity index (χ4n) is 2.27. The summed E-state index contributed by atoms with van der Waals surface area (Å²) in [4.78, 5) is 24.9. The van der Waals surface area contributed by atoms with Crippen molar-refractivity contribution >= 4 is 12.4 Å². The van der Waals surface area contributed by atoms with E-state index in [0.717, 1.165) is 25.5 Å². The summed E-state index contributed by atoms with van der Waals surface area (Å²) in [5.74, 6) is 0. The maximum atomic E-state index is 12.2. The Morgan fingerprint density at radius 2 is 2.11 bits per heavy atom. The van der Waals surface area contributed by atoms with E-state index in [4.69, 9.17) is 4.74 Å². The minimum absolute atomic E-state index is 0.0290. The Labute approximate surface area is 109 Å². The molecule has 1 rings (SSSR count). The zero-order valence-electron chi connectivity index (χ0n) is 11.5. The van der Waals surface area contributed by atoms with Gasteiger partial charge in [0.15, 0.2) is 0 Å². The molecule has 0 radical (unpaired) electrons. The SMILES string of the molecule is C=CC[C@H]1CCCC(C=O)N1C(=O)OC(C)(C)C. The summed E-state index contributed by atoms with van der Waals surface area (Å²) in [5, 5.41) is 0. The van der Waals surface area contributed by atoms with Crippen LogP contribution in [0.4, 0.5) is 4.79 Å². The fraction of sp³-hybridized carbons (Fsp3) is 0.714. The highest BCUT2D eigenvalue weighted by molar-refractivity contribution is 5.74. The van der Waals surface area contributed by atoms with Crippen LogP contribution in [0.15, 0.2) is 12.7 Å². The van der Waals surface area contributed by atoms with E-state index in [1.807, 2.05) is 20.8 Å². The Morgan fingerprint density at radius 3 is 2.61 bits per heavy atom. The number of aldehydes is 1. The van der Waals surface area contributed by atoms with Crippen LogP contribution < -0.4 is 0 Å². The Hall–Kier alpha value is -1.32. The second-order valence-corrected chi connectivity index (χ2v) is 5.70. The fourth-order valence-corrected chi connectivity index (χ4v) is 2.27. The molecule has 1 aliphatic rings.